The molecule has 2 rings (SSSR count). The average Bonchev–Trinajstić information content (AvgIpc) is 2.49. The Morgan fingerprint density at radius 1 is 1.16 bits per heavy atom. The highest BCUT2D eigenvalue weighted by Gasteiger charge is 2.19. The van der Waals surface area contributed by atoms with Gasteiger partial charge in [-0.15, -0.1) is 12.4 Å². The Hall–Kier alpha value is -0.780. The second-order valence-corrected chi connectivity index (χ2v) is 6.83. The quantitative estimate of drug-likeness (QED) is 0.832. The van der Waals surface area contributed by atoms with Gasteiger partial charge in [-0.3, -0.25) is 0 Å². The van der Waals surface area contributed by atoms with Crippen molar-refractivity contribution in [2.45, 2.75) is 17.7 Å². The Morgan fingerprint density at radius 3 is 2.16 bits per heavy atom. The van der Waals surface area contributed by atoms with Gasteiger partial charge in [0.05, 0.1) is 7.11 Å². The summed E-state index contributed by atoms with van der Waals surface area (Å²) >= 11 is 0. The third-order valence-electron chi connectivity index (χ3n) is 3.41. The summed E-state index contributed by atoms with van der Waals surface area (Å²) in [6.45, 7) is 1.96. The van der Waals surface area contributed by atoms with E-state index in [1.54, 1.807) is 6.07 Å². The lowest BCUT2D eigenvalue weighted by Crippen LogP contribution is -2.20. The summed E-state index contributed by atoms with van der Waals surface area (Å²) in [5.41, 5.74) is 2.32. The lowest BCUT2D eigenvalue weighted by Gasteiger charge is -2.12. The zero-order chi connectivity index (χ0) is 13.3. The molecule has 108 valence electrons. The molecule has 1 aliphatic heterocycles. The van der Waals surface area contributed by atoms with E-state index in [0.29, 0.717) is 10.6 Å². The number of methoxy groups -OCH3 is 1. The van der Waals surface area contributed by atoms with E-state index in [4.69, 9.17) is 4.74 Å². The molecule has 0 aliphatic carbocycles. The fourth-order valence-corrected chi connectivity index (χ4v) is 3.16. The van der Waals surface area contributed by atoms with Gasteiger partial charge in [-0.1, -0.05) is 0 Å². The molecule has 1 heterocycles. The van der Waals surface area contributed by atoms with Crippen LogP contribution in [-0.2, 0) is 22.7 Å². The molecule has 6 heteroatoms. The van der Waals surface area contributed by atoms with E-state index in [9.17, 15) is 8.42 Å². The summed E-state index contributed by atoms with van der Waals surface area (Å²) in [6, 6.07) is 3.66. The van der Waals surface area contributed by atoms with Crippen molar-refractivity contribution in [1.82, 2.24) is 4.90 Å². The van der Waals surface area contributed by atoms with Gasteiger partial charge in [-0.2, -0.15) is 0 Å². The van der Waals surface area contributed by atoms with Crippen LogP contribution in [0.15, 0.2) is 17.0 Å². The van der Waals surface area contributed by atoms with E-state index >= 15 is 0 Å². The Morgan fingerprint density at radius 2 is 1.68 bits per heavy atom. The minimum atomic E-state index is -3.24. The first kappa shape index (κ1) is 16.3. The first-order valence-corrected chi connectivity index (χ1v) is 7.89. The molecule has 0 radical (unpaired) electrons. The van der Waals surface area contributed by atoms with E-state index in [1.165, 1.54) is 18.9 Å². The van der Waals surface area contributed by atoms with Crippen LogP contribution >= 0.6 is 12.4 Å². The third-order valence-corrected chi connectivity index (χ3v) is 4.53. The smallest absolute Gasteiger partial charge is 0.179 e. The number of rotatable bonds is 2. The van der Waals surface area contributed by atoms with Gasteiger partial charge in [0.25, 0.3) is 0 Å². The normalized spacial score (nSPS) is 16.2. The van der Waals surface area contributed by atoms with Crippen molar-refractivity contribution in [2.75, 3.05) is 33.5 Å². The van der Waals surface area contributed by atoms with E-state index < -0.39 is 9.84 Å². The van der Waals surface area contributed by atoms with Gasteiger partial charge in [0, 0.05) is 19.3 Å². The maximum atomic E-state index is 11.8. The molecule has 1 aromatic carbocycles. The van der Waals surface area contributed by atoms with Gasteiger partial charge >= 0.3 is 0 Å². The van der Waals surface area contributed by atoms with Crippen LogP contribution in [0.2, 0.25) is 0 Å². The highest BCUT2D eigenvalue weighted by Crippen LogP contribution is 2.29. The standard InChI is InChI=1S/C13H19NO3S.ClH/c1-14-6-4-10-8-12(17-2)13(18(3,15)16)9-11(10)5-7-14;/h8-9H,4-7H2,1-3H3;1H. The van der Waals surface area contributed by atoms with Crippen molar-refractivity contribution in [3.63, 3.8) is 0 Å². The Balaban J connectivity index is 0.00000180. The molecule has 0 saturated heterocycles. The van der Waals surface area contributed by atoms with Gasteiger partial charge < -0.3 is 9.64 Å². The molecule has 0 fully saturated rings. The molecule has 0 unspecified atom stereocenters. The zero-order valence-corrected chi connectivity index (χ0v) is 13.1. The predicted molar refractivity (Wildman–Crippen MR) is 78.3 cm³/mol. The van der Waals surface area contributed by atoms with Gasteiger partial charge in [-0.25, -0.2) is 8.42 Å². The fraction of sp³-hybridized carbons (Fsp3) is 0.538. The van der Waals surface area contributed by atoms with Crippen molar-refractivity contribution >= 4 is 22.2 Å². The number of sulfone groups is 1. The second kappa shape index (κ2) is 6.11. The maximum absolute atomic E-state index is 11.8. The number of benzene rings is 1. The molecule has 1 aliphatic rings. The highest BCUT2D eigenvalue weighted by atomic mass is 35.5. The number of nitrogens with zero attached hydrogens (tertiary/aromatic N) is 1. The maximum Gasteiger partial charge on any atom is 0.179 e. The molecule has 0 aromatic heterocycles. The van der Waals surface area contributed by atoms with Crippen molar-refractivity contribution < 1.29 is 13.2 Å². The number of fused-ring (bicyclic) bond motifs is 1. The SMILES string of the molecule is COc1cc2c(cc1S(C)(=O)=O)CCN(C)CC2.Cl. The largest absolute Gasteiger partial charge is 0.495 e. The van der Waals surface area contributed by atoms with Crippen molar-refractivity contribution in [1.29, 1.82) is 0 Å². The number of ether oxygens (including phenoxy) is 1. The Bertz CT molecular complexity index is 557. The van der Waals surface area contributed by atoms with Gasteiger partial charge in [-0.05, 0) is 43.1 Å². The molecule has 4 nitrogen and oxygen atoms in total. The van der Waals surface area contributed by atoms with Crippen molar-refractivity contribution in [3.8, 4) is 5.75 Å². The predicted octanol–water partition coefficient (Wildman–Crippen LogP) is 1.55. The molecule has 0 saturated carbocycles. The molecule has 1 aromatic rings. The van der Waals surface area contributed by atoms with Gasteiger partial charge in [0.2, 0.25) is 0 Å². The van der Waals surface area contributed by atoms with E-state index in [0.717, 1.165) is 31.5 Å². The monoisotopic (exact) mass is 305 g/mol. The lowest BCUT2D eigenvalue weighted by atomic mass is 10.0. The summed E-state index contributed by atoms with van der Waals surface area (Å²) < 4.78 is 28.7. The summed E-state index contributed by atoms with van der Waals surface area (Å²) in [6.07, 6.45) is 3.05. The lowest BCUT2D eigenvalue weighted by molar-refractivity contribution is 0.352. The zero-order valence-electron chi connectivity index (χ0n) is 11.5. The molecular weight excluding hydrogens is 286 g/mol. The van der Waals surface area contributed by atoms with E-state index in [1.807, 2.05) is 6.07 Å². The summed E-state index contributed by atoms with van der Waals surface area (Å²) in [5, 5.41) is 0. The van der Waals surface area contributed by atoms with Crippen molar-refractivity contribution in [3.05, 3.63) is 23.3 Å². The first-order chi connectivity index (χ1) is 8.41. The van der Waals surface area contributed by atoms with Crippen molar-refractivity contribution in [2.24, 2.45) is 0 Å². The van der Waals surface area contributed by atoms with Crippen LogP contribution in [0.25, 0.3) is 0 Å². The van der Waals surface area contributed by atoms with Crippen LogP contribution in [0, 0.1) is 0 Å². The first-order valence-electron chi connectivity index (χ1n) is 6.00. The molecule has 0 N–H and O–H groups in total. The van der Waals surface area contributed by atoms with Gasteiger partial charge in [0.1, 0.15) is 10.6 Å². The van der Waals surface area contributed by atoms with Crippen LogP contribution in [-0.4, -0.2) is 46.8 Å². The molecule has 19 heavy (non-hydrogen) atoms. The third kappa shape index (κ3) is 3.61. The molecular formula is C13H20ClNO3S. The Labute approximate surface area is 121 Å². The fourth-order valence-electron chi connectivity index (χ4n) is 2.29. The Kier molecular flexibility index (Phi) is 5.24. The minimum Gasteiger partial charge on any atom is -0.495 e. The van der Waals surface area contributed by atoms with E-state index in [-0.39, 0.29) is 12.4 Å². The topological polar surface area (TPSA) is 46.6 Å². The highest BCUT2D eigenvalue weighted by molar-refractivity contribution is 7.90. The summed E-state index contributed by atoms with van der Waals surface area (Å²) in [7, 11) is 0.354. The van der Waals surface area contributed by atoms with Crippen LogP contribution in [0.5, 0.6) is 5.75 Å². The average molecular weight is 306 g/mol. The van der Waals surface area contributed by atoms with Crippen LogP contribution in [0.3, 0.4) is 0 Å². The number of halogens is 1. The van der Waals surface area contributed by atoms with E-state index in [2.05, 4.69) is 11.9 Å². The number of hydrogen-bond donors (Lipinski definition) is 0. The molecule has 0 amide bonds. The van der Waals surface area contributed by atoms with Crippen LogP contribution in [0.4, 0.5) is 0 Å². The number of hydrogen-bond acceptors (Lipinski definition) is 4. The van der Waals surface area contributed by atoms with Crippen LogP contribution in [0.1, 0.15) is 11.1 Å². The van der Waals surface area contributed by atoms with Gasteiger partial charge in [0.15, 0.2) is 9.84 Å². The number of likely N-dealkylation sites (N-methyl/N-ethyl adjacent to an activating group) is 1. The summed E-state index contributed by atoms with van der Waals surface area (Å²) in [5.74, 6) is 0.459. The summed E-state index contributed by atoms with van der Waals surface area (Å²) in [4.78, 5) is 2.56. The molecule has 0 spiro atoms. The minimum absolute atomic E-state index is 0. The molecule has 0 atom stereocenters. The second-order valence-electron chi connectivity index (χ2n) is 4.85. The van der Waals surface area contributed by atoms with Crippen LogP contribution < -0.4 is 4.74 Å². The molecule has 0 bridgehead atoms.